The fourth-order valence-electron chi connectivity index (χ4n) is 3.89. The van der Waals surface area contributed by atoms with E-state index in [0.717, 1.165) is 39.7 Å². The first-order chi connectivity index (χ1) is 12.6. The lowest BCUT2D eigenvalue weighted by molar-refractivity contribution is -0.949. The average molecular weight is 370 g/mol. The molecule has 2 rings (SSSR count). The molecule has 0 unspecified atom stereocenters. The molecule has 0 amide bonds. The zero-order valence-electron chi connectivity index (χ0n) is 17.9. The Morgan fingerprint density at radius 1 is 0.889 bits per heavy atom. The van der Waals surface area contributed by atoms with Gasteiger partial charge in [0.2, 0.25) is 0 Å². The predicted octanol–water partition coefficient (Wildman–Crippen LogP) is 4.87. The van der Waals surface area contributed by atoms with Crippen molar-refractivity contribution in [1.29, 1.82) is 0 Å². The minimum Gasteiger partial charge on any atom is -0.872 e. The zero-order chi connectivity index (χ0) is 20.4. The van der Waals surface area contributed by atoms with Gasteiger partial charge in [0.05, 0.1) is 25.7 Å². The van der Waals surface area contributed by atoms with Crippen LogP contribution in [-0.2, 0) is 0 Å². The van der Waals surface area contributed by atoms with Crippen LogP contribution in [0.15, 0.2) is 36.4 Å². The van der Waals surface area contributed by atoms with Crippen LogP contribution in [0.2, 0.25) is 0 Å². The average Bonchev–Trinajstić information content (AvgIpc) is 2.60. The molecular formula is C24H35NO2. The van der Waals surface area contributed by atoms with E-state index in [2.05, 4.69) is 34.7 Å². The molecule has 0 aromatic heterocycles. The van der Waals surface area contributed by atoms with Crippen molar-refractivity contribution < 1.29 is 14.7 Å². The summed E-state index contributed by atoms with van der Waals surface area (Å²) in [6.45, 7) is 14.0. The van der Waals surface area contributed by atoms with Crippen molar-refractivity contribution >= 4 is 0 Å². The van der Waals surface area contributed by atoms with Gasteiger partial charge in [-0.25, -0.2) is 0 Å². The first-order valence-electron chi connectivity index (χ1n) is 9.98. The van der Waals surface area contributed by atoms with Gasteiger partial charge in [-0.05, 0) is 53.2 Å². The molecule has 0 bridgehead atoms. The maximum Gasteiger partial charge on any atom is 0.119 e. The van der Waals surface area contributed by atoms with Gasteiger partial charge in [0.1, 0.15) is 5.75 Å². The van der Waals surface area contributed by atoms with E-state index >= 15 is 0 Å². The summed E-state index contributed by atoms with van der Waals surface area (Å²) in [7, 11) is 2.29. The van der Waals surface area contributed by atoms with Crippen molar-refractivity contribution in [3.8, 4) is 11.5 Å². The highest BCUT2D eigenvalue weighted by Gasteiger charge is 2.31. The Labute approximate surface area is 164 Å². The van der Waals surface area contributed by atoms with Gasteiger partial charge < -0.3 is 14.7 Å². The summed E-state index contributed by atoms with van der Waals surface area (Å²) in [5.74, 6) is 0.219. The molecule has 1 N–H and O–H groups in total. The van der Waals surface area contributed by atoms with Crippen LogP contribution in [0.3, 0.4) is 0 Å². The Kier molecular flexibility index (Phi) is 6.59. The summed E-state index contributed by atoms with van der Waals surface area (Å²) in [6.07, 6.45) is 0.822. The van der Waals surface area contributed by atoms with Crippen molar-refractivity contribution in [1.82, 2.24) is 0 Å². The van der Waals surface area contributed by atoms with E-state index in [0.29, 0.717) is 12.1 Å². The molecule has 3 heteroatoms. The highest BCUT2D eigenvalue weighted by atomic mass is 16.3. The monoisotopic (exact) mass is 369 g/mol. The smallest absolute Gasteiger partial charge is 0.119 e. The first kappa shape index (κ1) is 21.3. The van der Waals surface area contributed by atoms with Crippen molar-refractivity contribution in [3.05, 3.63) is 58.7 Å². The van der Waals surface area contributed by atoms with E-state index in [9.17, 15) is 10.2 Å². The van der Waals surface area contributed by atoms with E-state index in [1.165, 1.54) is 0 Å². The van der Waals surface area contributed by atoms with Crippen LogP contribution in [0.4, 0.5) is 0 Å². The fourth-order valence-corrected chi connectivity index (χ4v) is 3.89. The third-order valence-corrected chi connectivity index (χ3v) is 6.36. The molecule has 0 heterocycles. The molecule has 0 fully saturated rings. The molecule has 0 aliphatic heterocycles. The lowest BCUT2D eigenvalue weighted by Crippen LogP contribution is -2.55. The standard InChI is InChI=1S/C24H35NO2/c1-16(2)25(7,17(3)4)13-12-20(21-14-18(5)8-10-23(21)26)22-15-19(6)9-11-24(22)27/h8-11,14-17,20H,12-13H2,1-7H3,(H-,26,27). The van der Waals surface area contributed by atoms with E-state index < -0.39 is 0 Å². The number of rotatable bonds is 7. The van der Waals surface area contributed by atoms with Crippen molar-refractivity contribution in [2.24, 2.45) is 0 Å². The normalized spacial score (nSPS) is 13.4. The van der Waals surface area contributed by atoms with E-state index in [1.54, 1.807) is 12.1 Å². The Morgan fingerprint density at radius 2 is 1.41 bits per heavy atom. The van der Waals surface area contributed by atoms with Crippen LogP contribution >= 0.6 is 0 Å². The van der Waals surface area contributed by atoms with Gasteiger partial charge in [-0.1, -0.05) is 41.5 Å². The fraction of sp³-hybridized carbons (Fsp3) is 0.500. The summed E-state index contributed by atoms with van der Waals surface area (Å²) in [6, 6.07) is 12.2. The first-order valence-corrected chi connectivity index (χ1v) is 9.98. The van der Waals surface area contributed by atoms with Gasteiger partial charge >= 0.3 is 0 Å². The molecule has 0 spiro atoms. The molecule has 3 nitrogen and oxygen atoms in total. The second-order valence-corrected chi connectivity index (χ2v) is 8.70. The number of benzene rings is 2. The predicted molar refractivity (Wildman–Crippen MR) is 111 cm³/mol. The molecular weight excluding hydrogens is 334 g/mol. The van der Waals surface area contributed by atoms with Crippen molar-refractivity contribution in [2.75, 3.05) is 13.6 Å². The molecule has 0 aliphatic rings. The van der Waals surface area contributed by atoms with Crippen molar-refractivity contribution in [2.45, 2.75) is 66.0 Å². The van der Waals surface area contributed by atoms with Crippen molar-refractivity contribution in [3.63, 3.8) is 0 Å². The summed E-state index contributed by atoms with van der Waals surface area (Å²) < 4.78 is 0.934. The maximum absolute atomic E-state index is 12.7. The molecule has 148 valence electrons. The number of phenolic OH excluding ortho intramolecular Hbond substituents is 1. The molecule has 0 saturated carbocycles. The van der Waals surface area contributed by atoms with Crippen LogP contribution in [0, 0.1) is 13.8 Å². The highest BCUT2D eigenvalue weighted by Crippen LogP contribution is 2.39. The van der Waals surface area contributed by atoms with Crippen LogP contribution in [-0.4, -0.2) is 35.3 Å². The lowest BCUT2D eigenvalue weighted by Gasteiger charge is -2.43. The van der Waals surface area contributed by atoms with Gasteiger partial charge in [0.25, 0.3) is 0 Å². The number of hydrogen-bond donors (Lipinski definition) is 1. The minimum absolute atomic E-state index is 0.0507. The SMILES string of the molecule is Cc1ccc([O-])c([C@@H](CC[N+](C)(C(C)C)C(C)C)c2cc(C)ccc2O)c1. The molecule has 27 heavy (non-hydrogen) atoms. The van der Waals surface area contributed by atoms with Gasteiger partial charge in [0, 0.05) is 17.9 Å². The maximum atomic E-state index is 12.7. The van der Waals surface area contributed by atoms with Gasteiger partial charge in [-0.2, -0.15) is 0 Å². The minimum atomic E-state index is -0.104. The third-order valence-electron chi connectivity index (χ3n) is 6.36. The number of quaternary nitrogens is 1. The summed E-state index contributed by atoms with van der Waals surface area (Å²) in [4.78, 5) is 0. The Bertz CT molecular complexity index is 720. The van der Waals surface area contributed by atoms with Crippen LogP contribution < -0.4 is 5.11 Å². The summed E-state index contributed by atoms with van der Waals surface area (Å²) in [5, 5.41) is 23.3. The molecule has 0 radical (unpaired) electrons. The second-order valence-electron chi connectivity index (χ2n) is 8.70. The Morgan fingerprint density at radius 3 is 1.96 bits per heavy atom. The second kappa shape index (κ2) is 8.35. The number of nitrogens with zero attached hydrogens (tertiary/aromatic N) is 1. The zero-order valence-corrected chi connectivity index (χ0v) is 17.9. The van der Waals surface area contributed by atoms with E-state index in [-0.39, 0.29) is 17.4 Å². The van der Waals surface area contributed by atoms with Crippen LogP contribution in [0.5, 0.6) is 11.5 Å². The highest BCUT2D eigenvalue weighted by molar-refractivity contribution is 5.48. The largest absolute Gasteiger partial charge is 0.872 e. The van der Waals surface area contributed by atoms with Crippen LogP contribution in [0.1, 0.15) is 62.3 Å². The number of aromatic hydroxyl groups is 1. The third kappa shape index (κ3) is 4.65. The molecule has 0 saturated heterocycles. The topological polar surface area (TPSA) is 43.3 Å². The summed E-state index contributed by atoms with van der Waals surface area (Å²) >= 11 is 0. The molecule has 2 aromatic carbocycles. The Hall–Kier alpha value is -2.00. The quantitative estimate of drug-likeness (QED) is 0.708. The Balaban J connectivity index is 2.51. The van der Waals surface area contributed by atoms with E-state index in [4.69, 9.17) is 0 Å². The number of hydrogen-bond acceptors (Lipinski definition) is 2. The molecule has 1 atom stereocenters. The lowest BCUT2D eigenvalue weighted by atomic mass is 9.85. The summed E-state index contributed by atoms with van der Waals surface area (Å²) in [5.41, 5.74) is 3.82. The van der Waals surface area contributed by atoms with E-state index in [1.807, 2.05) is 38.1 Å². The van der Waals surface area contributed by atoms with Crippen LogP contribution in [0.25, 0.3) is 0 Å². The number of aryl methyl sites for hydroxylation is 2. The number of phenols is 1. The van der Waals surface area contributed by atoms with Gasteiger partial charge in [-0.3, -0.25) is 0 Å². The molecule has 2 aromatic rings. The molecule has 0 aliphatic carbocycles. The van der Waals surface area contributed by atoms with Gasteiger partial charge in [-0.15, -0.1) is 5.75 Å². The van der Waals surface area contributed by atoms with Gasteiger partial charge in [0.15, 0.2) is 0 Å².